The molecule has 1 atom stereocenters. The summed E-state index contributed by atoms with van der Waals surface area (Å²) < 4.78 is 47.4. The topological polar surface area (TPSA) is 35.5 Å². The molecule has 3 nitrogen and oxygen atoms in total. The molecular weight excluding hydrogens is 285 g/mol. The van der Waals surface area contributed by atoms with Crippen molar-refractivity contribution in [1.82, 2.24) is 0 Å². The van der Waals surface area contributed by atoms with Crippen LogP contribution in [0.3, 0.4) is 0 Å². The minimum atomic E-state index is -4.52. The molecular formula is C15H19F3O3. The van der Waals surface area contributed by atoms with Crippen molar-refractivity contribution in [1.29, 1.82) is 0 Å². The Bertz CT molecular complexity index is 418. The van der Waals surface area contributed by atoms with Crippen LogP contribution < -0.4 is 0 Å². The van der Waals surface area contributed by atoms with E-state index in [1.54, 1.807) is 0 Å². The molecule has 6 heteroatoms. The largest absolute Gasteiger partial charge is 0.453 e. The summed E-state index contributed by atoms with van der Waals surface area (Å²) in [5, 5.41) is 0. The van der Waals surface area contributed by atoms with Gasteiger partial charge in [-0.2, -0.15) is 13.2 Å². The van der Waals surface area contributed by atoms with E-state index in [2.05, 4.69) is 4.74 Å². The number of alkyl halides is 3. The molecule has 0 aliphatic heterocycles. The summed E-state index contributed by atoms with van der Waals surface area (Å²) in [4.78, 5) is 10.6. The van der Waals surface area contributed by atoms with Gasteiger partial charge in [0.25, 0.3) is 0 Å². The van der Waals surface area contributed by atoms with Gasteiger partial charge in [-0.05, 0) is 24.8 Å². The number of unbranched alkanes of at least 4 members (excludes halogenated alkanes) is 1. The molecule has 1 unspecified atom stereocenters. The van der Waals surface area contributed by atoms with Crippen LogP contribution in [0.4, 0.5) is 13.2 Å². The smallest absolute Gasteiger partial charge is 0.425 e. The number of hydrogen-bond acceptors (Lipinski definition) is 3. The molecule has 0 heterocycles. The summed E-state index contributed by atoms with van der Waals surface area (Å²) in [6.07, 6.45) is -6.01. The van der Waals surface area contributed by atoms with Crippen LogP contribution in [0, 0.1) is 0 Å². The summed E-state index contributed by atoms with van der Waals surface area (Å²) in [5.41, 5.74) is 1.02. The number of carbonyl (C=O) groups excluding carboxylic acids is 1. The van der Waals surface area contributed by atoms with E-state index in [1.807, 2.05) is 30.3 Å². The zero-order chi connectivity index (χ0) is 15.7. The van der Waals surface area contributed by atoms with Gasteiger partial charge in [-0.15, -0.1) is 0 Å². The highest BCUT2D eigenvalue weighted by atomic mass is 19.4. The first-order valence-electron chi connectivity index (χ1n) is 6.75. The van der Waals surface area contributed by atoms with Gasteiger partial charge in [0.15, 0.2) is 6.10 Å². The molecule has 0 saturated heterocycles. The van der Waals surface area contributed by atoms with Crippen LogP contribution in [0.15, 0.2) is 30.3 Å². The molecule has 0 aromatic heterocycles. The Labute approximate surface area is 122 Å². The van der Waals surface area contributed by atoms with E-state index in [-0.39, 0.29) is 12.8 Å². The lowest BCUT2D eigenvalue weighted by Crippen LogP contribution is -2.33. The highest BCUT2D eigenvalue weighted by Gasteiger charge is 2.41. The number of rotatable bonds is 8. The van der Waals surface area contributed by atoms with Crippen LogP contribution in [-0.2, 0) is 20.9 Å². The number of benzene rings is 1. The van der Waals surface area contributed by atoms with Gasteiger partial charge >= 0.3 is 12.1 Å². The first-order valence-corrected chi connectivity index (χ1v) is 6.75. The Morgan fingerprint density at radius 3 is 2.43 bits per heavy atom. The first kappa shape index (κ1) is 17.5. The molecule has 0 saturated carbocycles. The lowest BCUT2D eigenvalue weighted by Gasteiger charge is -2.19. The average Bonchev–Trinajstić information content (AvgIpc) is 2.41. The molecule has 0 bridgehead atoms. The SMILES string of the molecule is CC(=O)OC(CCCCOCc1ccccc1)C(F)(F)F. The van der Waals surface area contributed by atoms with E-state index in [4.69, 9.17) is 4.74 Å². The maximum absolute atomic E-state index is 12.6. The van der Waals surface area contributed by atoms with Crippen molar-refractivity contribution in [3.8, 4) is 0 Å². The number of halogens is 3. The molecule has 1 rings (SSSR count). The number of esters is 1. The zero-order valence-corrected chi connectivity index (χ0v) is 11.9. The van der Waals surface area contributed by atoms with Crippen LogP contribution in [0.1, 0.15) is 31.7 Å². The Balaban J connectivity index is 2.18. The lowest BCUT2D eigenvalue weighted by molar-refractivity contribution is -0.221. The molecule has 0 fully saturated rings. The Morgan fingerprint density at radius 2 is 1.86 bits per heavy atom. The van der Waals surface area contributed by atoms with E-state index in [0.717, 1.165) is 12.5 Å². The summed E-state index contributed by atoms with van der Waals surface area (Å²) in [7, 11) is 0. The van der Waals surface area contributed by atoms with E-state index in [9.17, 15) is 18.0 Å². The van der Waals surface area contributed by atoms with E-state index >= 15 is 0 Å². The van der Waals surface area contributed by atoms with Gasteiger partial charge in [0.1, 0.15) is 0 Å². The molecule has 21 heavy (non-hydrogen) atoms. The fourth-order valence-electron chi connectivity index (χ4n) is 1.79. The number of ether oxygens (including phenoxy) is 2. The highest BCUT2D eigenvalue weighted by Crippen LogP contribution is 2.26. The van der Waals surface area contributed by atoms with E-state index in [1.165, 1.54) is 0 Å². The monoisotopic (exact) mass is 304 g/mol. The van der Waals surface area contributed by atoms with Gasteiger partial charge < -0.3 is 9.47 Å². The molecule has 1 aromatic rings. The predicted molar refractivity (Wildman–Crippen MR) is 71.6 cm³/mol. The van der Waals surface area contributed by atoms with Crippen molar-refractivity contribution in [2.75, 3.05) is 6.61 Å². The predicted octanol–water partition coefficient (Wildman–Crippen LogP) is 3.87. The molecule has 0 amide bonds. The van der Waals surface area contributed by atoms with Crippen molar-refractivity contribution in [2.24, 2.45) is 0 Å². The van der Waals surface area contributed by atoms with Crippen LogP contribution in [0.5, 0.6) is 0 Å². The van der Waals surface area contributed by atoms with Crippen molar-refractivity contribution in [2.45, 2.75) is 45.1 Å². The quantitative estimate of drug-likeness (QED) is 0.540. The summed E-state index contributed by atoms with van der Waals surface area (Å²) in [6, 6.07) is 9.52. The molecule has 0 aliphatic rings. The van der Waals surface area contributed by atoms with Gasteiger partial charge in [-0.25, -0.2) is 0 Å². The summed E-state index contributed by atoms with van der Waals surface area (Å²) in [5.74, 6) is -0.919. The average molecular weight is 304 g/mol. The maximum atomic E-state index is 12.6. The van der Waals surface area contributed by atoms with Crippen LogP contribution in [-0.4, -0.2) is 24.9 Å². The highest BCUT2D eigenvalue weighted by molar-refractivity contribution is 5.66. The third kappa shape index (κ3) is 7.70. The van der Waals surface area contributed by atoms with Crippen LogP contribution >= 0.6 is 0 Å². The number of hydrogen-bond donors (Lipinski definition) is 0. The zero-order valence-electron chi connectivity index (χ0n) is 11.9. The third-order valence-electron chi connectivity index (χ3n) is 2.79. The van der Waals surface area contributed by atoms with Gasteiger partial charge in [0.2, 0.25) is 0 Å². The van der Waals surface area contributed by atoms with Crippen molar-refractivity contribution in [3.05, 3.63) is 35.9 Å². The van der Waals surface area contributed by atoms with Gasteiger partial charge in [-0.3, -0.25) is 4.79 Å². The normalized spacial score (nSPS) is 13.0. The van der Waals surface area contributed by atoms with Crippen LogP contribution in [0.2, 0.25) is 0 Å². The molecule has 0 N–H and O–H groups in total. The second kappa shape index (κ2) is 8.67. The van der Waals surface area contributed by atoms with Crippen molar-refractivity contribution >= 4 is 5.97 Å². The van der Waals surface area contributed by atoms with Gasteiger partial charge in [0, 0.05) is 13.5 Å². The van der Waals surface area contributed by atoms with Crippen molar-refractivity contribution < 1.29 is 27.4 Å². The Kier molecular flexibility index (Phi) is 7.22. The fourth-order valence-corrected chi connectivity index (χ4v) is 1.79. The van der Waals surface area contributed by atoms with Gasteiger partial charge in [0.05, 0.1) is 6.61 Å². The van der Waals surface area contributed by atoms with Crippen LogP contribution in [0.25, 0.3) is 0 Å². The van der Waals surface area contributed by atoms with E-state index < -0.39 is 18.2 Å². The standard InChI is InChI=1S/C15H19F3O3/c1-12(19)21-14(15(16,17)18)9-5-6-10-20-11-13-7-3-2-4-8-13/h2-4,7-8,14H,5-6,9-11H2,1H3. The summed E-state index contributed by atoms with van der Waals surface area (Å²) >= 11 is 0. The van der Waals surface area contributed by atoms with E-state index in [0.29, 0.717) is 19.6 Å². The first-order chi connectivity index (χ1) is 9.89. The molecule has 0 radical (unpaired) electrons. The Hall–Kier alpha value is -1.56. The summed E-state index contributed by atoms with van der Waals surface area (Å²) in [6.45, 7) is 1.79. The van der Waals surface area contributed by atoms with Gasteiger partial charge in [-0.1, -0.05) is 30.3 Å². The maximum Gasteiger partial charge on any atom is 0.425 e. The third-order valence-corrected chi connectivity index (χ3v) is 2.79. The molecule has 0 spiro atoms. The molecule has 118 valence electrons. The van der Waals surface area contributed by atoms with Crippen molar-refractivity contribution in [3.63, 3.8) is 0 Å². The number of carbonyl (C=O) groups is 1. The Morgan fingerprint density at radius 1 is 1.19 bits per heavy atom. The fraction of sp³-hybridized carbons (Fsp3) is 0.533. The minimum Gasteiger partial charge on any atom is -0.453 e. The minimum absolute atomic E-state index is 0.238. The second-order valence-electron chi connectivity index (χ2n) is 4.67. The molecule has 0 aliphatic carbocycles. The second-order valence-corrected chi connectivity index (χ2v) is 4.67. The lowest BCUT2D eigenvalue weighted by atomic mass is 10.1. The molecule has 1 aromatic carbocycles.